The molecule has 1 N–H and O–H groups in total. The third-order valence-electron chi connectivity index (χ3n) is 4.92. The number of benzene rings is 2. The molecule has 2 aromatic carbocycles. The molecule has 3 aromatic rings. The molecule has 1 aliphatic rings. The van der Waals surface area contributed by atoms with Crippen LogP contribution in [-0.2, 0) is 17.6 Å². The molecule has 0 atom stereocenters. The van der Waals surface area contributed by atoms with Gasteiger partial charge in [-0.3, -0.25) is 4.79 Å². The molecule has 0 bridgehead atoms. The average molecular weight is 357 g/mol. The van der Waals surface area contributed by atoms with E-state index in [0.717, 1.165) is 30.6 Å². The van der Waals surface area contributed by atoms with Gasteiger partial charge in [0.1, 0.15) is 5.82 Å². The Labute approximate surface area is 159 Å². The van der Waals surface area contributed by atoms with Gasteiger partial charge in [-0.25, -0.2) is 4.98 Å². The van der Waals surface area contributed by atoms with E-state index >= 15 is 0 Å². The number of carbonyl (C=O) groups is 1. The Morgan fingerprint density at radius 1 is 1.07 bits per heavy atom. The highest BCUT2D eigenvalue weighted by atomic mass is 16.1. The Morgan fingerprint density at radius 2 is 1.89 bits per heavy atom. The molecule has 4 heteroatoms. The summed E-state index contributed by atoms with van der Waals surface area (Å²) in [5.74, 6) is 0.531. The lowest BCUT2D eigenvalue weighted by Crippen LogP contribution is -2.24. The predicted octanol–water partition coefficient (Wildman–Crippen LogP) is 4.66. The van der Waals surface area contributed by atoms with Crippen LogP contribution < -0.4 is 10.2 Å². The van der Waals surface area contributed by atoms with E-state index in [1.165, 1.54) is 16.8 Å². The molecular weight excluding hydrogens is 334 g/mol. The zero-order valence-electron chi connectivity index (χ0n) is 15.5. The Morgan fingerprint density at radius 3 is 2.67 bits per heavy atom. The second kappa shape index (κ2) is 7.62. The van der Waals surface area contributed by atoms with Crippen molar-refractivity contribution in [2.45, 2.75) is 26.2 Å². The third kappa shape index (κ3) is 4.00. The quantitative estimate of drug-likeness (QED) is 0.739. The Hall–Kier alpha value is -3.14. The van der Waals surface area contributed by atoms with Gasteiger partial charge in [0.15, 0.2) is 0 Å². The summed E-state index contributed by atoms with van der Waals surface area (Å²) >= 11 is 0. The molecule has 136 valence electrons. The maximum atomic E-state index is 12.3. The second-order valence-electron chi connectivity index (χ2n) is 7.00. The fourth-order valence-corrected chi connectivity index (χ4v) is 3.50. The van der Waals surface area contributed by atoms with Crippen LogP contribution in [0.4, 0.5) is 17.2 Å². The number of carbonyl (C=O) groups excluding carboxylic acids is 1. The summed E-state index contributed by atoms with van der Waals surface area (Å²) in [6.07, 6.45) is 4.44. The number of rotatable bonds is 4. The number of nitrogens with one attached hydrogen (secondary N) is 1. The van der Waals surface area contributed by atoms with Crippen LogP contribution >= 0.6 is 0 Å². The molecular formula is C23H23N3O. The number of hydrogen-bond donors (Lipinski definition) is 1. The van der Waals surface area contributed by atoms with E-state index in [4.69, 9.17) is 0 Å². The van der Waals surface area contributed by atoms with Crippen molar-refractivity contribution in [2.24, 2.45) is 0 Å². The van der Waals surface area contributed by atoms with E-state index in [0.29, 0.717) is 12.2 Å². The lowest BCUT2D eigenvalue weighted by molar-refractivity contribution is -0.115. The summed E-state index contributed by atoms with van der Waals surface area (Å²) in [5.41, 5.74) is 5.87. The topological polar surface area (TPSA) is 45.2 Å². The van der Waals surface area contributed by atoms with Crippen molar-refractivity contribution in [3.8, 4) is 0 Å². The molecule has 0 fully saturated rings. The van der Waals surface area contributed by atoms with E-state index < -0.39 is 0 Å². The first-order valence-corrected chi connectivity index (χ1v) is 9.36. The van der Waals surface area contributed by atoms with Gasteiger partial charge in [-0.15, -0.1) is 0 Å². The molecule has 27 heavy (non-hydrogen) atoms. The van der Waals surface area contributed by atoms with Crippen molar-refractivity contribution in [3.05, 3.63) is 83.6 Å². The van der Waals surface area contributed by atoms with Crippen molar-refractivity contribution >= 4 is 23.1 Å². The normalized spacial score (nSPS) is 13.1. The van der Waals surface area contributed by atoms with Crippen LogP contribution in [0.5, 0.6) is 0 Å². The van der Waals surface area contributed by atoms with Gasteiger partial charge in [-0.2, -0.15) is 0 Å². The van der Waals surface area contributed by atoms with Gasteiger partial charge in [0.05, 0.1) is 18.3 Å². The van der Waals surface area contributed by atoms with E-state index in [1.54, 1.807) is 0 Å². The van der Waals surface area contributed by atoms with Crippen LogP contribution in [0, 0.1) is 6.92 Å². The molecule has 1 aliphatic heterocycles. The number of nitrogens with zero attached hydrogens (tertiary/aromatic N) is 2. The standard InChI is InChI=1S/C23H23N3O/c1-17-8-10-18(11-9-17)15-23(27)25-22-13-12-20(16-24-22)26-14-4-6-19-5-2-3-7-21(19)26/h2-3,5,7-13,16H,4,6,14-15H2,1H3,(H,24,25,27). The van der Waals surface area contributed by atoms with Crippen LogP contribution in [0.25, 0.3) is 0 Å². The lowest BCUT2D eigenvalue weighted by Gasteiger charge is -2.31. The van der Waals surface area contributed by atoms with Crippen LogP contribution in [0.15, 0.2) is 66.9 Å². The largest absolute Gasteiger partial charge is 0.340 e. The van der Waals surface area contributed by atoms with Crippen molar-refractivity contribution < 1.29 is 4.79 Å². The number of aromatic nitrogens is 1. The molecule has 0 saturated carbocycles. The van der Waals surface area contributed by atoms with Gasteiger partial charge in [-0.05, 0) is 49.1 Å². The number of pyridine rings is 1. The highest BCUT2D eigenvalue weighted by molar-refractivity contribution is 5.91. The minimum absolute atomic E-state index is 0.0533. The monoisotopic (exact) mass is 357 g/mol. The van der Waals surface area contributed by atoms with Gasteiger partial charge in [0.25, 0.3) is 0 Å². The molecule has 0 saturated heterocycles. The Kier molecular flexibility index (Phi) is 4.88. The molecule has 4 nitrogen and oxygen atoms in total. The minimum atomic E-state index is -0.0533. The smallest absolute Gasteiger partial charge is 0.229 e. The summed E-state index contributed by atoms with van der Waals surface area (Å²) in [6.45, 7) is 3.02. The highest BCUT2D eigenvalue weighted by Gasteiger charge is 2.18. The maximum absolute atomic E-state index is 12.3. The fraction of sp³-hybridized carbons (Fsp3) is 0.217. The van der Waals surface area contributed by atoms with Gasteiger partial charge in [-0.1, -0.05) is 48.0 Å². The number of para-hydroxylation sites is 1. The number of amides is 1. The number of hydrogen-bond acceptors (Lipinski definition) is 3. The summed E-state index contributed by atoms with van der Waals surface area (Å²) < 4.78 is 0. The zero-order valence-corrected chi connectivity index (χ0v) is 15.5. The zero-order chi connectivity index (χ0) is 18.6. The predicted molar refractivity (Wildman–Crippen MR) is 110 cm³/mol. The van der Waals surface area contributed by atoms with E-state index in [-0.39, 0.29) is 5.91 Å². The summed E-state index contributed by atoms with van der Waals surface area (Å²) in [4.78, 5) is 19.0. The number of fused-ring (bicyclic) bond motifs is 1. The van der Waals surface area contributed by atoms with Crippen LogP contribution in [0.3, 0.4) is 0 Å². The van der Waals surface area contributed by atoms with E-state index in [2.05, 4.69) is 39.5 Å². The van der Waals surface area contributed by atoms with Crippen molar-refractivity contribution in [1.29, 1.82) is 0 Å². The molecule has 0 radical (unpaired) electrons. The molecule has 0 aliphatic carbocycles. The first-order valence-electron chi connectivity index (χ1n) is 9.36. The van der Waals surface area contributed by atoms with E-state index in [9.17, 15) is 4.79 Å². The van der Waals surface area contributed by atoms with E-state index in [1.807, 2.05) is 49.5 Å². The summed E-state index contributed by atoms with van der Waals surface area (Å²) in [7, 11) is 0. The van der Waals surface area contributed by atoms with Crippen LogP contribution in [0.1, 0.15) is 23.1 Å². The Balaban J connectivity index is 1.44. The SMILES string of the molecule is Cc1ccc(CC(=O)Nc2ccc(N3CCCc4ccccc43)cn2)cc1. The first kappa shape index (κ1) is 17.3. The molecule has 0 spiro atoms. The first-order chi connectivity index (χ1) is 13.2. The maximum Gasteiger partial charge on any atom is 0.229 e. The molecule has 0 unspecified atom stereocenters. The van der Waals surface area contributed by atoms with Crippen molar-refractivity contribution in [3.63, 3.8) is 0 Å². The molecule has 2 heterocycles. The second-order valence-corrected chi connectivity index (χ2v) is 7.00. The summed E-state index contributed by atoms with van der Waals surface area (Å²) in [5, 5.41) is 2.89. The average Bonchev–Trinajstić information content (AvgIpc) is 2.70. The van der Waals surface area contributed by atoms with Gasteiger partial charge in [0.2, 0.25) is 5.91 Å². The van der Waals surface area contributed by atoms with Gasteiger partial charge in [0, 0.05) is 12.2 Å². The van der Waals surface area contributed by atoms with Crippen LogP contribution in [-0.4, -0.2) is 17.4 Å². The van der Waals surface area contributed by atoms with Crippen LogP contribution in [0.2, 0.25) is 0 Å². The fourth-order valence-electron chi connectivity index (χ4n) is 3.50. The number of aryl methyl sites for hydroxylation is 2. The van der Waals surface area contributed by atoms with Crippen molar-refractivity contribution in [2.75, 3.05) is 16.8 Å². The highest BCUT2D eigenvalue weighted by Crippen LogP contribution is 2.33. The minimum Gasteiger partial charge on any atom is -0.340 e. The molecule has 1 amide bonds. The molecule has 4 rings (SSSR count). The summed E-state index contributed by atoms with van der Waals surface area (Å²) in [6, 6.07) is 20.4. The Bertz CT molecular complexity index is 933. The van der Waals surface area contributed by atoms with Gasteiger partial charge >= 0.3 is 0 Å². The lowest BCUT2D eigenvalue weighted by atomic mass is 10.0. The molecule has 1 aromatic heterocycles. The van der Waals surface area contributed by atoms with Crippen molar-refractivity contribution in [1.82, 2.24) is 4.98 Å². The number of anilines is 3. The van der Waals surface area contributed by atoms with Gasteiger partial charge < -0.3 is 10.2 Å². The third-order valence-corrected chi connectivity index (χ3v) is 4.92.